The summed E-state index contributed by atoms with van der Waals surface area (Å²) in [5, 5.41) is 19.3. The van der Waals surface area contributed by atoms with Gasteiger partial charge in [-0.3, -0.25) is 4.79 Å². The quantitative estimate of drug-likeness (QED) is 0.864. The monoisotopic (exact) mass is 296 g/mol. The molecular formula is C16H12N2O2S. The highest BCUT2D eigenvalue weighted by Crippen LogP contribution is 2.21. The van der Waals surface area contributed by atoms with Gasteiger partial charge in [0, 0.05) is 18.3 Å². The van der Waals surface area contributed by atoms with E-state index >= 15 is 0 Å². The summed E-state index contributed by atoms with van der Waals surface area (Å²) >= 11 is 1.31. The number of thiophene rings is 1. The molecule has 2 rings (SSSR count). The predicted octanol–water partition coefficient (Wildman–Crippen LogP) is 2.24. The van der Waals surface area contributed by atoms with Crippen LogP contribution in [0.3, 0.4) is 0 Å². The standard InChI is InChI=1S/C16H12N2O2S/c1-18(14-6-4-12(11-17)5-7-14)16(20)15-13(3-2-9-19)8-10-21-15/h4-8,10,19H,9H2,1H3. The topological polar surface area (TPSA) is 64.3 Å². The van der Waals surface area contributed by atoms with Gasteiger partial charge < -0.3 is 10.0 Å². The van der Waals surface area contributed by atoms with E-state index in [1.165, 1.54) is 16.2 Å². The van der Waals surface area contributed by atoms with Crippen molar-refractivity contribution >= 4 is 22.9 Å². The van der Waals surface area contributed by atoms with E-state index in [-0.39, 0.29) is 12.5 Å². The summed E-state index contributed by atoms with van der Waals surface area (Å²) in [5.74, 6) is 5.14. The molecule has 1 heterocycles. The summed E-state index contributed by atoms with van der Waals surface area (Å²) in [5.41, 5.74) is 1.86. The fraction of sp³-hybridized carbons (Fsp3) is 0.125. The third kappa shape index (κ3) is 3.29. The lowest BCUT2D eigenvalue weighted by Crippen LogP contribution is -2.25. The maximum atomic E-state index is 12.5. The molecule has 5 heteroatoms. The van der Waals surface area contributed by atoms with Gasteiger partial charge in [0.15, 0.2) is 0 Å². The zero-order chi connectivity index (χ0) is 15.2. The van der Waals surface area contributed by atoms with Crippen LogP contribution < -0.4 is 4.90 Å². The van der Waals surface area contributed by atoms with Crippen molar-refractivity contribution in [3.63, 3.8) is 0 Å². The van der Waals surface area contributed by atoms with E-state index in [0.717, 1.165) is 0 Å². The SMILES string of the molecule is CN(C(=O)c1sccc1C#CCO)c1ccc(C#N)cc1. The largest absolute Gasteiger partial charge is 0.384 e. The average Bonchev–Trinajstić information content (AvgIpc) is 3.00. The van der Waals surface area contributed by atoms with Crippen LogP contribution in [0, 0.1) is 23.2 Å². The average molecular weight is 296 g/mol. The molecular weight excluding hydrogens is 284 g/mol. The molecule has 0 spiro atoms. The van der Waals surface area contributed by atoms with Gasteiger partial charge in [0.25, 0.3) is 5.91 Å². The Labute approximate surface area is 126 Å². The Balaban J connectivity index is 2.27. The van der Waals surface area contributed by atoms with Gasteiger partial charge in [-0.2, -0.15) is 5.26 Å². The van der Waals surface area contributed by atoms with E-state index in [1.54, 1.807) is 42.8 Å². The Morgan fingerprint density at radius 2 is 2.05 bits per heavy atom. The summed E-state index contributed by atoms with van der Waals surface area (Å²) in [4.78, 5) is 14.5. The van der Waals surface area contributed by atoms with E-state index in [1.807, 2.05) is 6.07 Å². The zero-order valence-electron chi connectivity index (χ0n) is 11.3. The fourth-order valence-electron chi connectivity index (χ4n) is 1.74. The van der Waals surface area contributed by atoms with Gasteiger partial charge in [-0.05, 0) is 35.7 Å². The Morgan fingerprint density at radius 3 is 2.67 bits per heavy atom. The Kier molecular flexibility index (Phi) is 4.73. The van der Waals surface area contributed by atoms with E-state index in [9.17, 15) is 4.79 Å². The van der Waals surface area contributed by atoms with Gasteiger partial charge in [0.05, 0.1) is 11.6 Å². The second kappa shape index (κ2) is 6.71. The van der Waals surface area contributed by atoms with Gasteiger partial charge in [0.2, 0.25) is 0 Å². The minimum absolute atomic E-state index is 0.169. The van der Waals surface area contributed by atoms with Gasteiger partial charge in [-0.1, -0.05) is 11.8 Å². The molecule has 1 aromatic carbocycles. The van der Waals surface area contributed by atoms with Crippen molar-refractivity contribution in [3.05, 3.63) is 51.7 Å². The first-order valence-electron chi connectivity index (χ1n) is 6.13. The van der Waals surface area contributed by atoms with Crippen LogP contribution in [0.2, 0.25) is 0 Å². The lowest BCUT2D eigenvalue weighted by molar-refractivity contribution is 0.0996. The van der Waals surface area contributed by atoms with Crippen molar-refractivity contribution in [1.82, 2.24) is 0 Å². The van der Waals surface area contributed by atoms with Crippen molar-refractivity contribution in [2.45, 2.75) is 0 Å². The summed E-state index contributed by atoms with van der Waals surface area (Å²) in [6.07, 6.45) is 0. The molecule has 4 nitrogen and oxygen atoms in total. The molecule has 0 fully saturated rings. The molecule has 0 aliphatic rings. The van der Waals surface area contributed by atoms with E-state index in [4.69, 9.17) is 10.4 Å². The minimum Gasteiger partial charge on any atom is -0.384 e. The molecule has 0 unspecified atom stereocenters. The van der Waals surface area contributed by atoms with Crippen molar-refractivity contribution in [2.24, 2.45) is 0 Å². The molecule has 0 saturated heterocycles. The predicted molar refractivity (Wildman–Crippen MR) is 82.2 cm³/mol. The second-order valence-electron chi connectivity index (χ2n) is 4.15. The van der Waals surface area contributed by atoms with Crippen LogP contribution >= 0.6 is 11.3 Å². The van der Waals surface area contributed by atoms with Gasteiger partial charge in [-0.15, -0.1) is 11.3 Å². The number of anilines is 1. The van der Waals surface area contributed by atoms with Crippen LogP contribution in [0.25, 0.3) is 0 Å². The molecule has 0 bridgehead atoms. The lowest BCUT2D eigenvalue weighted by atomic mass is 10.2. The molecule has 104 valence electrons. The molecule has 0 radical (unpaired) electrons. The lowest BCUT2D eigenvalue weighted by Gasteiger charge is -2.16. The third-order valence-electron chi connectivity index (χ3n) is 2.85. The zero-order valence-corrected chi connectivity index (χ0v) is 12.1. The summed E-state index contributed by atoms with van der Waals surface area (Å²) < 4.78 is 0. The van der Waals surface area contributed by atoms with Crippen LogP contribution in [-0.2, 0) is 0 Å². The number of hydrogen-bond acceptors (Lipinski definition) is 4. The molecule has 0 aliphatic carbocycles. The Hall–Kier alpha value is -2.60. The first-order chi connectivity index (χ1) is 10.2. The molecule has 21 heavy (non-hydrogen) atoms. The number of benzene rings is 1. The normalized spacial score (nSPS) is 9.38. The van der Waals surface area contributed by atoms with Crippen LogP contribution in [0.4, 0.5) is 5.69 Å². The molecule has 1 aromatic heterocycles. The van der Waals surface area contributed by atoms with Crippen molar-refractivity contribution in [3.8, 4) is 17.9 Å². The number of rotatable bonds is 2. The van der Waals surface area contributed by atoms with Crippen molar-refractivity contribution in [1.29, 1.82) is 5.26 Å². The maximum Gasteiger partial charge on any atom is 0.269 e. The molecule has 0 atom stereocenters. The highest BCUT2D eigenvalue weighted by Gasteiger charge is 2.17. The number of carbonyl (C=O) groups is 1. The Bertz CT molecular complexity index is 745. The van der Waals surface area contributed by atoms with Gasteiger partial charge in [-0.25, -0.2) is 0 Å². The summed E-state index contributed by atoms with van der Waals surface area (Å²) in [6, 6.07) is 10.6. The van der Waals surface area contributed by atoms with E-state index in [2.05, 4.69) is 11.8 Å². The molecule has 0 aliphatic heterocycles. The second-order valence-corrected chi connectivity index (χ2v) is 5.06. The first kappa shape index (κ1) is 14.8. The number of aliphatic hydroxyl groups is 1. The number of nitriles is 1. The van der Waals surface area contributed by atoms with Crippen LogP contribution in [0.5, 0.6) is 0 Å². The Morgan fingerprint density at radius 1 is 1.33 bits per heavy atom. The van der Waals surface area contributed by atoms with E-state index in [0.29, 0.717) is 21.7 Å². The smallest absolute Gasteiger partial charge is 0.269 e. The van der Waals surface area contributed by atoms with Crippen LogP contribution in [-0.4, -0.2) is 24.7 Å². The number of carbonyl (C=O) groups excluding carboxylic acids is 1. The maximum absolute atomic E-state index is 12.5. The fourth-order valence-corrected chi connectivity index (χ4v) is 2.56. The highest BCUT2D eigenvalue weighted by atomic mass is 32.1. The van der Waals surface area contributed by atoms with Gasteiger partial charge in [0.1, 0.15) is 11.5 Å². The van der Waals surface area contributed by atoms with Crippen LogP contribution in [0.1, 0.15) is 20.8 Å². The first-order valence-corrected chi connectivity index (χ1v) is 7.00. The minimum atomic E-state index is -0.241. The van der Waals surface area contributed by atoms with E-state index < -0.39 is 0 Å². The number of hydrogen-bond donors (Lipinski definition) is 1. The van der Waals surface area contributed by atoms with Crippen molar-refractivity contribution < 1.29 is 9.90 Å². The summed E-state index contributed by atoms with van der Waals surface area (Å²) in [7, 11) is 1.67. The number of nitrogens with zero attached hydrogens (tertiary/aromatic N) is 2. The molecule has 2 aromatic rings. The highest BCUT2D eigenvalue weighted by molar-refractivity contribution is 7.12. The van der Waals surface area contributed by atoms with Crippen molar-refractivity contribution in [2.75, 3.05) is 18.6 Å². The van der Waals surface area contributed by atoms with Crippen LogP contribution in [0.15, 0.2) is 35.7 Å². The number of amides is 1. The number of aliphatic hydroxyl groups excluding tert-OH is 1. The molecule has 1 amide bonds. The molecule has 0 saturated carbocycles. The van der Waals surface area contributed by atoms with Gasteiger partial charge >= 0.3 is 0 Å². The summed E-state index contributed by atoms with van der Waals surface area (Å²) in [6.45, 7) is -0.241. The molecule has 1 N–H and O–H groups in total. The third-order valence-corrected chi connectivity index (χ3v) is 3.75.